The van der Waals surface area contributed by atoms with Crippen LogP contribution in [0.5, 0.6) is 0 Å². The molecule has 0 bridgehead atoms. The topological polar surface area (TPSA) is 96.1 Å². The first-order valence-electron chi connectivity index (χ1n) is 6.89. The maximum Gasteiger partial charge on any atom is 0.260 e. The van der Waals surface area contributed by atoms with Crippen molar-refractivity contribution in [1.82, 2.24) is 20.2 Å². The van der Waals surface area contributed by atoms with Gasteiger partial charge in [-0.25, -0.2) is 13.1 Å². The summed E-state index contributed by atoms with van der Waals surface area (Å²) in [6.45, 7) is 6.17. The Morgan fingerprint density at radius 1 is 1.50 bits per heavy atom. The van der Waals surface area contributed by atoms with E-state index in [4.69, 9.17) is 4.74 Å². The number of rotatable bonds is 6. The zero-order chi connectivity index (χ0) is 14.6. The predicted octanol–water partition coefficient (Wildman–Crippen LogP) is 0.285. The van der Waals surface area contributed by atoms with Crippen LogP contribution in [0.25, 0.3) is 0 Å². The fourth-order valence-electron chi connectivity index (χ4n) is 2.22. The van der Waals surface area contributed by atoms with Crippen molar-refractivity contribution in [2.75, 3.05) is 19.8 Å². The summed E-state index contributed by atoms with van der Waals surface area (Å²) in [6.07, 6.45) is 1.67. The van der Waals surface area contributed by atoms with E-state index in [9.17, 15) is 8.42 Å². The number of aromatic nitrogens is 2. The van der Waals surface area contributed by atoms with Crippen molar-refractivity contribution >= 4 is 10.0 Å². The van der Waals surface area contributed by atoms with Gasteiger partial charge in [0, 0.05) is 30.5 Å². The molecule has 1 aromatic rings. The molecule has 20 heavy (non-hydrogen) atoms. The Bertz CT molecular complexity index is 535. The Kier molecular flexibility index (Phi) is 5.14. The molecule has 0 amide bonds. The molecule has 1 unspecified atom stereocenters. The van der Waals surface area contributed by atoms with Crippen LogP contribution in [0.15, 0.2) is 5.03 Å². The maximum atomic E-state index is 12.4. The molecule has 0 aliphatic carbocycles. The van der Waals surface area contributed by atoms with Gasteiger partial charge in [0.25, 0.3) is 10.0 Å². The van der Waals surface area contributed by atoms with Gasteiger partial charge < -0.3 is 10.1 Å². The highest BCUT2D eigenvalue weighted by atomic mass is 32.2. The Labute approximate surface area is 119 Å². The van der Waals surface area contributed by atoms with Gasteiger partial charge in [0.15, 0.2) is 5.03 Å². The van der Waals surface area contributed by atoms with E-state index < -0.39 is 10.0 Å². The second-order valence-corrected chi connectivity index (χ2v) is 6.58. The van der Waals surface area contributed by atoms with Crippen LogP contribution in [0.4, 0.5) is 0 Å². The van der Waals surface area contributed by atoms with E-state index >= 15 is 0 Å². The Balaban J connectivity index is 2.16. The zero-order valence-electron chi connectivity index (χ0n) is 11.9. The molecule has 1 aromatic heterocycles. The molecule has 1 fully saturated rings. The Hall–Kier alpha value is -0.960. The molecule has 1 aliphatic heterocycles. The van der Waals surface area contributed by atoms with E-state index in [2.05, 4.69) is 20.2 Å². The first-order valence-corrected chi connectivity index (χ1v) is 8.37. The fraction of sp³-hybridized carbons (Fsp3) is 0.750. The number of H-pyrrole nitrogens is 1. The molecule has 1 aliphatic rings. The lowest BCUT2D eigenvalue weighted by atomic mass is 10.1. The number of nitrogens with one attached hydrogen (secondary N) is 3. The first-order chi connectivity index (χ1) is 9.54. The minimum absolute atomic E-state index is 0.0847. The molecule has 1 saturated heterocycles. The molecule has 3 N–H and O–H groups in total. The summed E-state index contributed by atoms with van der Waals surface area (Å²) in [4.78, 5) is 0. The number of nitrogens with zero attached hydrogens (tertiary/aromatic N) is 1. The lowest BCUT2D eigenvalue weighted by Gasteiger charge is -2.22. The smallest absolute Gasteiger partial charge is 0.260 e. The highest BCUT2D eigenvalue weighted by Gasteiger charge is 2.27. The highest BCUT2D eigenvalue weighted by Crippen LogP contribution is 2.17. The van der Waals surface area contributed by atoms with Gasteiger partial charge in [0.1, 0.15) is 0 Å². The predicted molar refractivity (Wildman–Crippen MR) is 74.9 cm³/mol. The van der Waals surface area contributed by atoms with Gasteiger partial charge in [0.05, 0.1) is 6.61 Å². The number of sulfonamides is 1. The zero-order valence-corrected chi connectivity index (χ0v) is 12.7. The summed E-state index contributed by atoms with van der Waals surface area (Å²) >= 11 is 0. The van der Waals surface area contributed by atoms with Crippen molar-refractivity contribution in [3.05, 3.63) is 11.3 Å². The number of ether oxygens (including phenoxy) is 1. The van der Waals surface area contributed by atoms with Crippen LogP contribution >= 0.6 is 0 Å². The lowest BCUT2D eigenvalue weighted by molar-refractivity contribution is 0.0774. The standard InChI is InChI=1S/C12H22N4O3S/c1-3-13-7-11-9(2)14-15-12(11)20(17,18)16-10-5-4-6-19-8-10/h10,13,16H,3-8H2,1-2H3,(H,14,15). The van der Waals surface area contributed by atoms with Crippen molar-refractivity contribution in [1.29, 1.82) is 0 Å². The summed E-state index contributed by atoms with van der Waals surface area (Å²) in [5, 5.41) is 9.91. The SMILES string of the molecule is CCNCc1c(S(=O)(=O)NC2CCCOC2)n[nH]c1C. The van der Waals surface area contributed by atoms with Crippen LogP contribution in [0.3, 0.4) is 0 Å². The molecular formula is C12H22N4O3S. The van der Waals surface area contributed by atoms with E-state index in [1.165, 1.54) is 0 Å². The van der Waals surface area contributed by atoms with Crippen LogP contribution in [0, 0.1) is 6.92 Å². The van der Waals surface area contributed by atoms with Crippen LogP contribution < -0.4 is 10.0 Å². The minimum atomic E-state index is -3.61. The van der Waals surface area contributed by atoms with Crippen LogP contribution in [0.1, 0.15) is 31.0 Å². The van der Waals surface area contributed by atoms with Crippen molar-refractivity contribution in [2.45, 2.75) is 44.3 Å². The van der Waals surface area contributed by atoms with E-state index in [1.807, 2.05) is 13.8 Å². The quantitative estimate of drug-likeness (QED) is 0.701. The monoisotopic (exact) mass is 302 g/mol. The summed E-state index contributed by atoms with van der Waals surface area (Å²) < 4.78 is 32.8. The number of aryl methyl sites for hydroxylation is 1. The fourth-order valence-corrected chi connectivity index (χ4v) is 3.67. The van der Waals surface area contributed by atoms with Crippen LogP contribution in [-0.2, 0) is 21.3 Å². The van der Waals surface area contributed by atoms with E-state index in [0.29, 0.717) is 25.3 Å². The molecule has 0 spiro atoms. The highest BCUT2D eigenvalue weighted by molar-refractivity contribution is 7.89. The van der Waals surface area contributed by atoms with Crippen molar-refractivity contribution < 1.29 is 13.2 Å². The van der Waals surface area contributed by atoms with Gasteiger partial charge >= 0.3 is 0 Å². The molecule has 0 saturated carbocycles. The van der Waals surface area contributed by atoms with Gasteiger partial charge in [-0.15, -0.1) is 0 Å². The maximum absolute atomic E-state index is 12.4. The van der Waals surface area contributed by atoms with Gasteiger partial charge in [-0.1, -0.05) is 6.92 Å². The van der Waals surface area contributed by atoms with Crippen molar-refractivity contribution in [2.24, 2.45) is 0 Å². The summed E-state index contributed by atoms with van der Waals surface area (Å²) in [5.41, 5.74) is 1.46. The van der Waals surface area contributed by atoms with Gasteiger partial charge in [-0.2, -0.15) is 5.10 Å². The Morgan fingerprint density at radius 3 is 2.95 bits per heavy atom. The second-order valence-electron chi connectivity index (χ2n) is 4.95. The minimum Gasteiger partial charge on any atom is -0.380 e. The van der Waals surface area contributed by atoms with Crippen LogP contribution in [-0.4, -0.2) is 44.4 Å². The molecule has 0 aromatic carbocycles. The molecule has 7 nitrogen and oxygen atoms in total. The van der Waals surface area contributed by atoms with E-state index in [0.717, 1.165) is 25.1 Å². The summed E-state index contributed by atoms with van der Waals surface area (Å²) in [5.74, 6) is 0. The molecule has 1 atom stereocenters. The summed E-state index contributed by atoms with van der Waals surface area (Å²) in [7, 11) is -3.61. The molecule has 2 rings (SSSR count). The molecule has 0 radical (unpaired) electrons. The third-order valence-electron chi connectivity index (χ3n) is 3.32. The normalized spacial score (nSPS) is 20.2. The van der Waals surface area contributed by atoms with Crippen LogP contribution in [0.2, 0.25) is 0 Å². The van der Waals surface area contributed by atoms with Gasteiger partial charge in [0.2, 0.25) is 0 Å². The summed E-state index contributed by atoms with van der Waals surface area (Å²) in [6, 6.07) is -0.169. The average Bonchev–Trinajstić information content (AvgIpc) is 2.79. The second kappa shape index (κ2) is 6.66. The first kappa shape index (κ1) is 15.4. The third kappa shape index (κ3) is 3.57. The molecule has 114 valence electrons. The van der Waals surface area contributed by atoms with Crippen molar-refractivity contribution in [3.63, 3.8) is 0 Å². The largest absolute Gasteiger partial charge is 0.380 e. The Morgan fingerprint density at radius 2 is 2.30 bits per heavy atom. The third-order valence-corrected chi connectivity index (χ3v) is 4.81. The number of hydrogen-bond donors (Lipinski definition) is 3. The lowest BCUT2D eigenvalue weighted by Crippen LogP contribution is -2.41. The van der Waals surface area contributed by atoms with E-state index in [1.54, 1.807) is 0 Å². The average molecular weight is 302 g/mol. The van der Waals surface area contributed by atoms with Gasteiger partial charge in [-0.3, -0.25) is 5.10 Å². The number of hydrogen-bond acceptors (Lipinski definition) is 5. The molecule has 8 heteroatoms. The van der Waals surface area contributed by atoms with Gasteiger partial charge in [-0.05, 0) is 26.3 Å². The van der Waals surface area contributed by atoms with E-state index in [-0.39, 0.29) is 11.1 Å². The molecular weight excluding hydrogens is 280 g/mol. The molecule has 2 heterocycles. The van der Waals surface area contributed by atoms with Crippen molar-refractivity contribution in [3.8, 4) is 0 Å². The number of aromatic amines is 1.